The SMILES string of the molecule is Cc1noc(C)c1-c1cc(C(=O)c2ccccn2)c2nc(C3CC3)n(C(=O)O)c2c1. The minimum atomic E-state index is -1.12. The minimum Gasteiger partial charge on any atom is -0.464 e. The van der Waals surface area contributed by atoms with Crippen molar-refractivity contribution in [2.75, 3.05) is 0 Å². The zero-order valence-electron chi connectivity index (χ0n) is 16.4. The van der Waals surface area contributed by atoms with E-state index in [2.05, 4.69) is 15.1 Å². The van der Waals surface area contributed by atoms with E-state index >= 15 is 0 Å². The first-order valence-corrected chi connectivity index (χ1v) is 9.64. The first kappa shape index (κ1) is 18.2. The summed E-state index contributed by atoms with van der Waals surface area (Å²) in [7, 11) is 0. The molecule has 0 radical (unpaired) electrons. The molecule has 1 N–H and O–H groups in total. The number of carboxylic acid groups (broad SMARTS) is 1. The van der Waals surface area contributed by atoms with Crippen molar-refractivity contribution in [3.8, 4) is 11.1 Å². The number of imidazole rings is 1. The van der Waals surface area contributed by atoms with E-state index < -0.39 is 6.09 Å². The molecular formula is C22H18N4O4. The average Bonchev–Trinajstić information content (AvgIpc) is 3.43. The molecule has 0 unspecified atom stereocenters. The summed E-state index contributed by atoms with van der Waals surface area (Å²) in [4.78, 5) is 34.2. The number of nitrogens with zero attached hydrogens (tertiary/aromatic N) is 4. The van der Waals surface area contributed by atoms with Crippen molar-refractivity contribution in [2.45, 2.75) is 32.6 Å². The van der Waals surface area contributed by atoms with E-state index in [0.29, 0.717) is 39.4 Å². The molecule has 0 amide bonds. The van der Waals surface area contributed by atoms with Crippen molar-refractivity contribution in [3.05, 3.63) is 65.1 Å². The lowest BCUT2D eigenvalue weighted by Gasteiger charge is -2.08. The number of hydrogen-bond acceptors (Lipinski definition) is 6. The molecule has 3 aromatic heterocycles. The van der Waals surface area contributed by atoms with Crippen LogP contribution in [-0.4, -0.2) is 36.7 Å². The molecule has 1 saturated carbocycles. The van der Waals surface area contributed by atoms with E-state index in [9.17, 15) is 14.7 Å². The van der Waals surface area contributed by atoms with Gasteiger partial charge in [0.15, 0.2) is 0 Å². The largest absolute Gasteiger partial charge is 0.464 e. The van der Waals surface area contributed by atoms with Gasteiger partial charge >= 0.3 is 6.09 Å². The standard InChI is InChI=1S/C22H18N4O4/c1-11-18(12(2)30-25-11)14-9-15(20(27)16-5-3-4-8-23-16)19-17(10-14)26(22(28)29)21(24-19)13-6-7-13/h3-5,8-10,13H,6-7H2,1-2H3,(H,28,29). The van der Waals surface area contributed by atoms with Gasteiger partial charge in [0.05, 0.1) is 16.8 Å². The Bertz CT molecular complexity index is 1300. The summed E-state index contributed by atoms with van der Waals surface area (Å²) in [5, 5.41) is 13.9. The van der Waals surface area contributed by atoms with Gasteiger partial charge < -0.3 is 9.63 Å². The van der Waals surface area contributed by atoms with Gasteiger partial charge in [-0.05, 0) is 56.5 Å². The molecule has 1 aliphatic carbocycles. The van der Waals surface area contributed by atoms with Crippen LogP contribution in [0.1, 0.15) is 52.1 Å². The first-order chi connectivity index (χ1) is 14.5. The number of aryl methyl sites for hydroxylation is 2. The third-order valence-corrected chi connectivity index (χ3v) is 5.38. The van der Waals surface area contributed by atoms with Crippen LogP contribution in [0.5, 0.6) is 0 Å². The molecule has 5 rings (SSSR count). The molecule has 0 spiro atoms. The number of pyridine rings is 1. The van der Waals surface area contributed by atoms with Crippen LogP contribution in [0.4, 0.5) is 4.79 Å². The van der Waals surface area contributed by atoms with Crippen LogP contribution in [0.25, 0.3) is 22.2 Å². The number of carbonyl (C=O) groups is 2. The zero-order valence-corrected chi connectivity index (χ0v) is 16.4. The van der Waals surface area contributed by atoms with E-state index in [1.165, 1.54) is 4.57 Å². The van der Waals surface area contributed by atoms with Crippen LogP contribution >= 0.6 is 0 Å². The van der Waals surface area contributed by atoms with E-state index in [1.807, 2.05) is 0 Å². The van der Waals surface area contributed by atoms with Gasteiger partial charge in [-0.2, -0.15) is 0 Å². The second-order valence-electron chi connectivity index (χ2n) is 7.50. The maximum absolute atomic E-state index is 13.3. The monoisotopic (exact) mass is 402 g/mol. The van der Waals surface area contributed by atoms with E-state index in [4.69, 9.17) is 4.52 Å². The number of rotatable bonds is 4. The van der Waals surface area contributed by atoms with Crippen molar-refractivity contribution in [1.82, 2.24) is 19.7 Å². The highest BCUT2D eigenvalue weighted by molar-refractivity contribution is 6.16. The first-order valence-electron chi connectivity index (χ1n) is 9.64. The van der Waals surface area contributed by atoms with Crippen LogP contribution in [0.15, 0.2) is 41.1 Å². The number of ketones is 1. The van der Waals surface area contributed by atoms with Gasteiger partial charge in [0.1, 0.15) is 22.8 Å². The second kappa shape index (κ2) is 6.62. The molecule has 8 nitrogen and oxygen atoms in total. The van der Waals surface area contributed by atoms with Gasteiger partial charge in [0.25, 0.3) is 0 Å². The van der Waals surface area contributed by atoms with Crippen LogP contribution < -0.4 is 0 Å². The number of aromatic nitrogens is 4. The fourth-order valence-corrected chi connectivity index (χ4v) is 3.86. The highest BCUT2D eigenvalue weighted by Crippen LogP contribution is 2.42. The molecule has 1 aromatic carbocycles. The molecular weight excluding hydrogens is 384 g/mol. The lowest BCUT2D eigenvalue weighted by molar-refractivity contribution is 0.103. The predicted molar refractivity (Wildman–Crippen MR) is 108 cm³/mol. The fraction of sp³-hybridized carbons (Fsp3) is 0.227. The smallest absolute Gasteiger partial charge is 0.417 e. The Labute approximate surface area is 171 Å². The average molecular weight is 402 g/mol. The van der Waals surface area contributed by atoms with Crippen LogP contribution in [0, 0.1) is 13.8 Å². The van der Waals surface area contributed by atoms with E-state index in [0.717, 1.165) is 18.4 Å². The minimum absolute atomic E-state index is 0.0915. The number of benzene rings is 1. The molecule has 1 aliphatic rings. The maximum Gasteiger partial charge on any atom is 0.417 e. The summed E-state index contributed by atoms with van der Waals surface area (Å²) < 4.78 is 6.49. The van der Waals surface area contributed by atoms with Crippen molar-refractivity contribution in [3.63, 3.8) is 0 Å². The van der Waals surface area contributed by atoms with Gasteiger partial charge in [-0.1, -0.05) is 11.2 Å². The number of fused-ring (bicyclic) bond motifs is 1. The summed E-state index contributed by atoms with van der Waals surface area (Å²) >= 11 is 0. The van der Waals surface area contributed by atoms with Crippen molar-refractivity contribution in [2.24, 2.45) is 0 Å². The molecule has 0 bridgehead atoms. The van der Waals surface area contributed by atoms with Crippen LogP contribution in [0.2, 0.25) is 0 Å². The highest BCUT2D eigenvalue weighted by Gasteiger charge is 2.33. The Morgan fingerprint density at radius 2 is 2.00 bits per heavy atom. The topological polar surface area (TPSA) is 111 Å². The maximum atomic E-state index is 13.3. The molecule has 0 saturated heterocycles. The third kappa shape index (κ3) is 2.80. The van der Waals surface area contributed by atoms with Crippen LogP contribution in [-0.2, 0) is 0 Å². The Morgan fingerprint density at radius 3 is 2.60 bits per heavy atom. The zero-order chi connectivity index (χ0) is 21.0. The summed E-state index contributed by atoms with van der Waals surface area (Å²) in [6, 6.07) is 8.57. The van der Waals surface area contributed by atoms with Crippen molar-refractivity contribution < 1.29 is 19.2 Å². The highest BCUT2D eigenvalue weighted by atomic mass is 16.5. The summed E-state index contributed by atoms with van der Waals surface area (Å²) in [6.45, 7) is 3.59. The summed E-state index contributed by atoms with van der Waals surface area (Å²) in [5.74, 6) is 0.843. The lowest BCUT2D eigenvalue weighted by atomic mass is 9.97. The van der Waals surface area contributed by atoms with Crippen molar-refractivity contribution in [1.29, 1.82) is 0 Å². The second-order valence-corrected chi connectivity index (χ2v) is 7.50. The molecule has 3 heterocycles. The Morgan fingerprint density at radius 1 is 1.20 bits per heavy atom. The van der Waals surface area contributed by atoms with E-state index in [-0.39, 0.29) is 17.4 Å². The fourth-order valence-electron chi connectivity index (χ4n) is 3.86. The third-order valence-electron chi connectivity index (χ3n) is 5.38. The summed E-state index contributed by atoms with van der Waals surface area (Å²) in [5.41, 5.74) is 3.37. The molecule has 8 heteroatoms. The molecule has 4 aromatic rings. The molecule has 0 aliphatic heterocycles. The Balaban J connectivity index is 1.84. The van der Waals surface area contributed by atoms with E-state index in [1.54, 1.807) is 50.4 Å². The van der Waals surface area contributed by atoms with Gasteiger partial charge in [0.2, 0.25) is 5.78 Å². The normalized spacial score (nSPS) is 13.7. The summed E-state index contributed by atoms with van der Waals surface area (Å²) in [6.07, 6.45) is 2.20. The van der Waals surface area contributed by atoms with Gasteiger partial charge in [-0.3, -0.25) is 9.78 Å². The number of carbonyl (C=O) groups excluding carboxylic acids is 1. The molecule has 150 valence electrons. The van der Waals surface area contributed by atoms with Gasteiger partial charge in [-0.15, -0.1) is 0 Å². The van der Waals surface area contributed by atoms with Gasteiger partial charge in [0, 0.05) is 17.7 Å². The Kier molecular flexibility index (Phi) is 4.02. The molecule has 30 heavy (non-hydrogen) atoms. The number of hydrogen-bond donors (Lipinski definition) is 1. The quantitative estimate of drug-likeness (QED) is 0.506. The van der Waals surface area contributed by atoms with Gasteiger partial charge in [-0.25, -0.2) is 14.3 Å². The van der Waals surface area contributed by atoms with Crippen LogP contribution in [0.3, 0.4) is 0 Å². The molecule has 0 atom stereocenters. The van der Waals surface area contributed by atoms with Crippen molar-refractivity contribution >= 4 is 22.9 Å². The lowest BCUT2D eigenvalue weighted by Crippen LogP contribution is -2.11. The predicted octanol–water partition coefficient (Wildman–Crippen LogP) is 4.34. The Hall–Kier alpha value is -3.81. The molecule has 1 fully saturated rings.